The molecule has 0 radical (unpaired) electrons. The Labute approximate surface area is 132 Å². The Morgan fingerprint density at radius 2 is 2.27 bits per heavy atom. The lowest BCUT2D eigenvalue weighted by Crippen LogP contribution is -2.32. The van der Waals surface area contributed by atoms with Gasteiger partial charge in [0, 0.05) is 25.3 Å². The van der Waals surface area contributed by atoms with Crippen LogP contribution in [0.25, 0.3) is 6.08 Å². The van der Waals surface area contributed by atoms with Crippen molar-refractivity contribution in [1.82, 2.24) is 20.2 Å². The molecule has 0 aliphatic carbocycles. The smallest absolute Gasteiger partial charge is 0.290 e. The van der Waals surface area contributed by atoms with E-state index in [1.54, 1.807) is 18.3 Å². The number of nitrogens with zero attached hydrogens (tertiary/aromatic N) is 4. The minimum atomic E-state index is -0.371. The van der Waals surface area contributed by atoms with Crippen LogP contribution in [0.2, 0.25) is 0 Å². The first-order valence-corrected chi connectivity index (χ1v) is 7.84. The maximum Gasteiger partial charge on any atom is 0.290 e. The Hall–Kier alpha value is -1.93. The zero-order valence-corrected chi connectivity index (χ0v) is 13.3. The molecule has 116 valence electrons. The topological polar surface area (TPSA) is 78.4 Å². The van der Waals surface area contributed by atoms with E-state index in [4.69, 9.17) is 0 Å². The van der Waals surface area contributed by atoms with Crippen LogP contribution in [0.3, 0.4) is 0 Å². The van der Waals surface area contributed by atoms with E-state index in [0.29, 0.717) is 22.6 Å². The molecule has 2 amide bonds. The van der Waals surface area contributed by atoms with Gasteiger partial charge in [-0.05, 0) is 44.4 Å². The molecule has 22 heavy (non-hydrogen) atoms. The predicted molar refractivity (Wildman–Crippen MR) is 85.4 cm³/mol. The second-order valence-corrected chi connectivity index (χ2v) is 6.50. The number of anilines is 1. The van der Waals surface area contributed by atoms with Crippen LogP contribution < -0.4 is 10.2 Å². The molecule has 2 aliphatic rings. The summed E-state index contributed by atoms with van der Waals surface area (Å²) in [6.45, 7) is 1.80. The van der Waals surface area contributed by atoms with Gasteiger partial charge in [-0.15, -0.1) is 0 Å². The molecule has 1 atom stereocenters. The van der Waals surface area contributed by atoms with E-state index in [0.717, 1.165) is 31.3 Å². The van der Waals surface area contributed by atoms with Crippen LogP contribution in [0.5, 0.6) is 0 Å². The van der Waals surface area contributed by atoms with E-state index in [-0.39, 0.29) is 11.1 Å². The Kier molecular flexibility index (Phi) is 4.12. The third-order valence-corrected chi connectivity index (χ3v) is 4.57. The Balaban J connectivity index is 1.78. The van der Waals surface area contributed by atoms with Crippen LogP contribution in [-0.4, -0.2) is 59.2 Å². The van der Waals surface area contributed by atoms with Crippen molar-refractivity contribution in [3.63, 3.8) is 0 Å². The number of aromatic nitrogens is 2. The number of hydrogen-bond donors (Lipinski definition) is 1. The van der Waals surface area contributed by atoms with Gasteiger partial charge in [0.15, 0.2) is 0 Å². The summed E-state index contributed by atoms with van der Waals surface area (Å²) >= 11 is 0.892. The van der Waals surface area contributed by atoms with Crippen molar-refractivity contribution in [3.05, 3.63) is 22.9 Å². The van der Waals surface area contributed by atoms with Gasteiger partial charge in [0.2, 0.25) is 5.95 Å². The Morgan fingerprint density at radius 3 is 2.91 bits per heavy atom. The zero-order chi connectivity index (χ0) is 15.7. The highest BCUT2D eigenvalue weighted by atomic mass is 32.2. The summed E-state index contributed by atoms with van der Waals surface area (Å²) in [6.07, 6.45) is 4.38. The highest BCUT2D eigenvalue weighted by Crippen LogP contribution is 2.25. The molecule has 8 heteroatoms. The molecule has 2 saturated heterocycles. The van der Waals surface area contributed by atoms with Crippen molar-refractivity contribution in [1.29, 1.82) is 0 Å². The number of likely N-dealkylation sites (N-methyl/N-ethyl adjacent to an activating group) is 1. The largest absolute Gasteiger partial charge is 0.339 e. The van der Waals surface area contributed by atoms with Gasteiger partial charge < -0.3 is 9.80 Å². The van der Waals surface area contributed by atoms with Crippen molar-refractivity contribution < 1.29 is 9.59 Å². The number of amides is 2. The first-order chi connectivity index (χ1) is 10.5. The number of thioether (sulfide) groups is 1. The first kappa shape index (κ1) is 15.0. The third kappa shape index (κ3) is 3.12. The standard InChI is InChI=1S/C14H17N5O2S/c1-18(2)10-4-6-19(8-10)13-15-5-3-9(16-13)7-11-12(20)17-14(21)22-11/h3,5,7,10H,4,6,8H2,1-2H3,(H,17,20,21)/b11-7+. The van der Waals surface area contributed by atoms with Crippen molar-refractivity contribution in [2.24, 2.45) is 0 Å². The van der Waals surface area contributed by atoms with Crippen LogP contribution in [-0.2, 0) is 4.79 Å². The molecule has 2 fully saturated rings. The molecule has 0 aromatic carbocycles. The lowest BCUT2D eigenvalue weighted by molar-refractivity contribution is -0.115. The molecule has 3 heterocycles. The lowest BCUT2D eigenvalue weighted by Gasteiger charge is -2.20. The fourth-order valence-electron chi connectivity index (χ4n) is 2.49. The Morgan fingerprint density at radius 1 is 1.45 bits per heavy atom. The van der Waals surface area contributed by atoms with Crippen molar-refractivity contribution in [2.75, 3.05) is 32.1 Å². The molecular formula is C14H17N5O2S. The van der Waals surface area contributed by atoms with Crippen LogP contribution in [0.1, 0.15) is 12.1 Å². The lowest BCUT2D eigenvalue weighted by atomic mass is 10.2. The van der Waals surface area contributed by atoms with E-state index in [1.165, 1.54) is 0 Å². The van der Waals surface area contributed by atoms with Crippen LogP contribution >= 0.6 is 11.8 Å². The molecule has 7 nitrogen and oxygen atoms in total. The number of carbonyl (C=O) groups is 2. The van der Waals surface area contributed by atoms with E-state index in [9.17, 15) is 9.59 Å². The van der Waals surface area contributed by atoms with Gasteiger partial charge in [0.1, 0.15) is 0 Å². The third-order valence-electron chi connectivity index (χ3n) is 3.76. The van der Waals surface area contributed by atoms with E-state index >= 15 is 0 Å². The average Bonchev–Trinajstić information content (AvgIpc) is 3.07. The summed E-state index contributed by atoms with van der Waals surface area (Å²) in [5, 5.41) is 1.88. The second kappa shape index (κ2) is 6.05. The fourth-order valence-corrected chi connectivity index (χ4v) is 3.16. The van der Waals surface area contributed by atoms with Gasteiger partial charge in [-0.2, -0.15) is 0 Å². The van der Waals surface area contributed by atoms with Crippen molar-refractivity contribution in [3.8, 4) is 0 Å². The minimum Gasteiger partial charge on any atom is -0.339 e. The number of carbonyl (C=O) groups excluding carboxylic acids is 2. The molecule has 1 aromatic rings. The average molecular weight is 319 g/mol. The van der Waals surface area contributed by atoms with Crippen molar-refractivity contribution >= 4 is 34.9 Å². The number of rotatable bonds is 3. The van der Waals surface area contributed by atoms with Crippen LogP contribution in [0.15, 0.2) is 17.2 Å². The summed E-state index contributed by atoms with van der Waals surface area (Å²) in [5.74, 6) is 0.289. The monoisotopic (exact) mass is 319 g/mol. The van der Waals surface area contributed by atoms with Crippen molar-refractivity contribution in [2.45, 2.75) is 12.5 Å². The molecule has 2 aliphatic heterocycles. The molecule has 3 rings (SSSR count). The Bertz CT molecular complexity index is 646. The summed E-state index contributed by atoms with van der Waals surface area (Å²) < 4.78 is 0. The van der Waals surface area contributed by atoms with Gasteiger partial charge in [-0.25, -0.2) is 9.97 Å². The van der Waals surface area contributed by atoms with Gasteiger partial charge in [0.25, 0.3) is 11.1 Å². The SMILES string of the molecule is CN(C)C1CCN(c2nccc(/C=C3/SC(=O)NC3=O)n2)C1. The normalized spacial score (nSPS) is 23.7. The highest BCUT2D eigenvalue weighted by Gasteiger charge is 2.27. The minimum absolute atomic E-state index is 0.348. The first-order valence-electron chi connectivity index (χ1n) is 7.02. The van der Waals surface area contributed by atoms with E-state index in [2.05, 4.69) is 39.2 Å². The van der Waals surface area contributed by atoms with Crippen LogP contribution in [0.4, 0.5) is 10.7 Å². The predicted octanol–water partition coefficient (Wildman–Crippen LogP) is 0.941. The number of hydrogen-bond acceptors (Lipinski definition) is 7. The maximum absolute atomic E-state index is 11.6. The summed E-state index contributed by atoms with van der Waals surface area (Å²) in [4.78, 5) is 36.3. The molecule has 1 N–H and O–H groups in total. The number of nitrogens with one attached hydrogen (secondary N) is 1. The van der Waals surface area contributed by atoms with Gasteiger partial charge in [-0.1, -0.05) is 0 Å². The van der Waals surface area contributed by atoms with E-state index in [1.807, 2.05) is 0 Å². The second-order valence-electron chi connectivity index (χ2n) is 5.49. The summed E-state index contributed by atoms with van der Waals surface area (Å²) in [7, 11) is 4.14. The zero-order valence-electron chi connectivity index (χ0n) is 12.4. The molecule has 0 bridgehead atoms. The summed E-state index contributed by atoms with van der Waals surface area (Å²) in [6, 6.07) is 2.23. The number of imide groups is 1. The van der Waals surface area contributed by atoms with Gasteiger partial charge >= 0.3 is 0 Å². The summed E-state index contributed by atoms with van der Waals surface area (Å²) in [5.41, 5.74) is 0.630. The van der Waals surface area contributed by atoms with Crippen LogP contribution in [0, 0.1) is 0 Å². The van der Waals surface area contributed by atoms with E-state index < -0.39 is 0 Å². The molecule has 1 aromatic heterocycles. The van der Waals surface area contributed by atoms with Gasteiger partial charge in [0.05, 0.1) is 10.6 Å². The molecule has 1 unspecified atom stereocenters. The maximum atomic E-state index is 11.6. The van der Waals surface area contributed by atoms with Gasteiger partial charge in [-0.3, -0.25) is 14.9 Å². The highest BCUT2D eigenvalue weighted by molar-refractivity contribution is 8.18. The quantitative estimate of drug-likeness (QED) is 0.831. The molecular weight excluding hydrogens is 302 g/mol. The molecule has 0 spiro atoms. The molecule has 0 saturated carbocycles. The fraction of sp³-hybridized carbons (Fsp3) is 0.429.